The zero-order chi connectivity index (χ0) is 35.9. The number of para-hydroxylation sites is 5. The van der Waals surface area contributed by atoms with E-state index in [1.807, 2.05) is 16.7 Å². The maximum Gasteiger partial charge on any atom is 0.246 e. The molecule has 2 heterocycles. The van der Waals surface area contributed by atoms with Crippen molar-refractivity contribution in [2.45, 2.75) is 98.4 Å². The number of hydrogen-bond acceptors (Lipinski definition) is 1. The SMILES string of the molecule is CC(C)c1cccc(C(C)C)c1N1[C-]=[N+](c2c(C(C)C)cccc2C(C)C)c2ccccc2C1(C)C.[Au].[CH2-]n1c2ccccc2c2ccccc21. The Morgan fingerprint density at radius 1 is 0.549 bits per heavy atom. The fourth-order valence-electron chi connectivity index (χ4n) is 7.63. The standard InChI is InChI=1S/C34H44N2.C13H10N.Au/c1-22(2)26-15-13-16-27(23(3)4)32(26)35-21-36(34(9,10)30-19-11-12-20-31(30)35)33-28(24(5)6)17-14-18-29(33)25(7)8;1-14-12-8-4-2-6-10(12)11-7-3-5-9-13(11)14;/h11-20,22-25H,1-10H3;2-9H,1H2;/q;-1;. The molecule has 0 aliphatic carbocycles. The summed E-state index contributed by atoms with van der Waals surface area (Å²) in [6.07, 6.45) is 3.98. The topological polar surface area (TPSA) is 11.2 Å². The van der Waals surface area contributed by atoms with Crippen LogP contribution < -0.4 is 9.48 Å². The smallest absolute Gasteiger partial charge is 0.246 e. The predicted molar refractivity (Wildman–Crippen MR) is 218 cm³/mol. The van der Waals surface area contributed by atoms with E-state index in [0.29, 0.717) is 23.7 Å². The average Bonchev–Trinajstić information content (AvgIpc) is 3.39. The van der Waals surface area contributed by atoms with Crippen LogP contribution in [0, 0.1) is 7.05 Å². The zero-order valence-electron chi connectivity index (χ0n) is 32.1. The van der Waals surface area contributed by atoms with E-state index in [4.69, 9.17) is 0 Å². The molecule has 1 aliphatic rings. The molecule has 4 heteroatoms. The minimum Gasteiger partial charge on any atom is -0.481 e. The molecule has 0 N–H and O–H groups in total. The molecule has 3 nitrogen and oxygen atoms in total. The number of nitrogens with zero attached hydrogens (tertiary/aromatic N) is 3. The van der Waals surface area contributed by atoms with Crippen molar-refractivity contribution in [2.75, 3.05) is 4.90 Å². The first-order valence-electron chi connectivity index (χ1n) is 18.3. The molecule has 0 fully saturated rings. The van der Waals surface area contributed by atoms with Crippen molar-refractivity contribution in [1.29, 1.82) is 0 Å². The van der Waals surface area contributed by atoms with Crippen LogP contribution in [0.4, 0.5) is 17.1 Å². The molecular formula is C47H54AuN3-. The van der Waals surface area contributed by atoms with Gasteiger partial charge < -0.3 is 9.14 Å². The summed E-state index contributed by atoms with van der Waals surface area (Å²) in [5, 5.41) is 2.55. The van der Waals surface area contributed by atoms with Gasteiger partial charge >= 0.3 is 0 Å². The second-order valence-electron chi connectivity index (χ2n) is 15.5. The van der Waals surface area contributed by atoms with Gasteiger partial charge in [-0.1, -0.05) is 186 Å². The minimum absolute atomic E-state index is 0. The Morgan fingerprint density at radius 2 is 0.961 bits per heavy atom. The molecular weight excluding hydrogens is 804 g/mol. The van der Waals surface area contributed by atoms with Crippen LogP contribution in [0.15, 0.2) is 109 Å². The van der Waals surface area contributed by atoms with Crippen LogP contribution in [-0.2, 0) is 27.9 Å². The van der Waals surface area contributed by atoms with Gasteiger partial charge in [0.15, 0.2) is 0 Å². The summed E-state index contributed by atoms with van der Waals surface area (Å²) in [5.74, 6) is 1.64. The van der Waals surface area contributed by atoms with Crippen LogP contribution >= 0.6 is 0 Å². The van der Waals surface area contributed by atoms with Crippen LogP contribution in [0.3, 0.4) is 0 Å². The number of fused-ring (bicyclic) bond motifs is 4. The molecule has 0 spiro atoms. The number of anilines is 1. The molecule has 51 heavy (non-hydrogen) atoms. The first kappa shape index (κ1) is 38.2. The molecule has 0 amide bonds. The summed E-state index contributed by atoms with van der Waals surface area (Å²) in [4.78, 5) is 2.45. The molecule has 1 aliphatic heterocycles. The number of hydrogen-bond donors (Lipinski definition) is 0. The van der Waals surface area contributed by atoms with Crippen LogP contribution in [-0.4, -0.2) is 10.9 Å². The van der Waals surface area contributed by atoms with E-state index in [1.54, 1.807) is 0 Å². The summed E-state index contributed by atoms with van der Waals surface area (Å²) < 4.78 is 4.36. The molecule has 0 saturated heterocycles. The Balaban J connectivity index is 0.000000278. The Hall–Kier alpha value is -4.02. The second-order valence-corrected chi connectivity index (χ2v) is 15.5. The number of aromatic nitrogens is 1. The summed E-state index contributed by atoms with van der Waals surface area (Å²) in [6.45, 7) is 23.1. The van der Waals surface area contributed by atoms with Gasteiger partial charge in [-0.25, -0.2) is 0 Å². The minimum atomic E-state index is -0.257. The molecule has 0 atom stereocenters. The van der Waals surface area contributed by atoms with Crippen LogP contribution in [0.2, 0.25) is 0 Å². The van der Waals surface area contributed by atoms with Crippen molar-refractivity contribution in [2.24, 2.45) is 0 Å². The molecule has 0 saturated carbocycles. The van der Waals surface area contributed by atoms with Crippen LogP contribution in [0.5, 0.6) is 0 Å². The van der Waals surface area contributed by atoms with Gasteiger partial charge in [0.05, 0.1) is 17.1 Å². The Kier molecular flexibility index (Phi) is 11.5. The van der Waals surface area contributed by atoms with E-state index in [1.165, 1.54) is 66.7 Å². The maximum atomic E-state index is 4.05. The molecule has 1 radical (unpaired) electrons. The van der Waals surface area contributed by atoms with Crippen molar-refractivity contribution in [1.82, 2.24) is 9.14 Å². The Morgan fingerprint density at radius 3 is 1.43 bits per heavy atom. The van der Waals surface area contributed by atoms with E-state index in [0.717, 1.165) is 0 Å². The normalized spacial score (nSPS) is 13.8. The Bertz CT molecular complexity index is 2070. The Labute approximate surface area is 322 Å². The maximum absolute atomic E-state index is 4.05. The van der Waals surface area contributed by atoms with Gasteiger partial charge in [0, 0.05) is 27.9 Å². The van der Waals surface area contributed by atoms with E-state index in [-0.39, 0.29) is 27.9 Å². The van der Waals surface area contributed by atoms with Gasteiger partial charge in [-0.15, -0.1) is 7.05 Å². The molecule has 0 bridgehead atoms. The quantitative estimate of drug-likeness (QED) is 0.0923. The summed E-state index contributed by atoms with van der Waals surface area (Å²) in [6, 6.07) is 39.2. The van der Waals surface area contributed by atoms with E-state index in [9.17, 15) is 0 Å². The monoisotopic (exact) mass is 857 g/mol. The fraction of sp³-hybridized carbons (Fsp3) is 0.319. The van der Waals surface area contributed by atoms with Crippen molar-refractivity contribution >= 4 is 45.2 Å². The largest absolute Gasteiger partial charge is 0.481 e. The third kappa shape index (κ3) is 6.97. The molecule has 1 aromatic heterocycles. The third-order valence-electron chi connectivity index (χ3n) is 10.4. The summed E-state index contributed by atoms with van der Waals surface area (Å²) in [7, 11) is 4.05. The first-order chi connectivity index (χ1) is 23.8. The van der Waals surface area contributed by atoms with Gasteiger partial charge in [0.1, 0.15) is 5.54 Å². The van der Waals surface area contributed by atoms with Crippen molar-refractivity contribution in [3.8, 4) is 0 Å². The van der Waals surface area contributed by atoms with Crippen molar-refractivity contribution in [3.05, 3.63) is 144 Å². The van der Waals surface area contributed by atoms with Crippen LogP contribution in [0.25, 0.3) is 21.8 Å². The van der Waals surface area contributed by atoms with Gasteiger partial charge in [0.2, 0.25) is 6.34 Å². The summed E-state index contributed by atoms with van der Waals surface area (Å²) in [5.41, 5.74) is 12.7. The molecule has 269 valence electrons. The number of benzene rings is 5. The van der Waals surface area contributed by atoms with E-state index >= 15 is 0 Å². The first-order valence-corrected chi connectivity index (χ1v) is 18.3. The second kappa shape index (κ2) is 15.3. The zero-order valence-corrected chi connectivity index (χ0v) is 34.2. The third-order valence-corrected chi connectivity index (χ3v) is 10.4. The molecule has 5 aromatic carbocycles. The molecule has 0 unspecified atom stereocenters. The average molecular weight is 858 g/mol. The predicted octanol–water partition coefficient (Wildman–Crippen LogP) is 13.1. The van der Waals surface area contributed by atoms with E-state index in [2.05, 4.69) is 189 Å². The number of rotatable bonds is 6. The van der Waals surface area contributed by atoms with Gasteiger partial charge in [-0.05, 0) is 59.8 Å². The van der Waals surface area contributed by atoms with Crippen molar-refractivity contribution < 1.29 is 22.4 Å². The van der Waals surface area contributed by atoms with Gasteiger partial charge in [0.25, 0.3) is 0 Å². The van der Waals surface area contributed by atoms with Gasteiger partial charge in [-0.2, -0.15) is 0 Å². The van der Waals surface area contributed by atoms with Gasteiger partial charge in [-0.3, -0.25) is 4.90 Å². The van der Waals surface area contributed by atoms with Crippen molar-refractivity contribution in [3.63, 3.8) is 0 Å². The molecule has 6 aromatic rings. The summed E-state index contributed by atoms with van der Waals surface area (Å²) >= 11 is 0. The molecule has 7 rings (SSSR count). The fourth-order valence-corrected chi connectivity index (χ4v) is 7.63. The van der Waals surface area contributed by atoms with E-state index < -0.39 is 0 Å². The van der Waals surface area contributed by atoms with Crippen LogP contribution in [0.1, 0.15) is 121 Å².